The first-order chi connectivity index (χ1) is 6.60. The highest BCUT2D eigenvalue weighted by Gasteiger charge is 2.36. The Morgan fingerprint density at radius 3 is 2.07 bits per heavy atom. The van der Waals surface area contributed by atoms with Crippen LogP contribution in [-0.2, 0) is 28.8 Å². The summed E-state index contributed by atoms with van der Waals surface area (Å²) in [5.74, 6) is 0. The third-order valence-electron chi connectivity index (χ3n) is 1.74. The van der Waals surface area contributed by atoms with Crippen molar-refractivity contribution >= 4 is 20.2 Å². The van der Waals surface area contributed by atoms with Gasteiger partial charge in [0.2, 0.25) is 0 Å². The molecule has 0 aromatic rings. The van der Waals surface area contributed by atoms with Crippen molar-refractivity contribution in [3.63, 3.8) is 0 Å². The summed E-state index contributed by atoms with van der Waals surface area (Å²) >= 11 is -2.46. The SMILES string of the molecule is CO[Si](CCCOS(=O)[O-])(OC)OC. The Kier molecular flexibility index (Phi) is 7.55. The minimum Gasteiger partial charge on any atom is -0.750 e. The molecule has 0 N–H and O–H groups in total. The van der Waals surface area contributed by atoms with Gasteiger partial charge >= 0.3 is 8.80 Å². The van der Waals surface area contributed by atoms with E-state index in [1.807, 2.05) is 0 Å². The summed E-state index contributed by atoms with van der Waals surface area (Å²) in [5, 5.41) is 0. The lowest BCUT2D eigenvalue weighted by Crippen LogP contribution is -2.42. The van der Waals surface area contributed by atoms with Gasteiger partial charge in [-0.1, -0.05) is 0 Å². The van der Waals surface area contributed by atoms with Crippen molar-refractivity contribution in [1.29, 1.82) is 0 Å². The molecule has 0 aromatic carbocycles. The summed E-state index contributed by atoms with van der Waals surface area (Å²) < 4.78 is 39.8. The molecule has 86 valence electrons. The normalized spacial score (nSPS) is 14.3. The maximum Gasteiger partial charge on any atom is 0.500 e. The van der Waals surface area contributed by atoms with E-state index in [4.69, 9.17) is 13.3 Å². The molecule has 8 heteroatoms. The topological polar surface area (TPSA) is 77.1 Å². The standard InChI is InChI=1S/C6H16O6SSi/c1-9-14(10-2,11-3)6-4-5-12-13(7)8/h4-6H2,1-3H3,(H,7,8)/p-1. The van der Waals surface area contributed by atoms with Crippen molar-refractivity contribution in [2.24, 2.45) is 0 Å². The van der Waals surface area contributed by atoms with Crippen LogP contribution in [0, 0.1) is 0 Å². The Morgan fingerprint density at radius 1 is 1.21 bits per heavy atom. The average Bonchev–Trinajstić information content (AvgIpc) is 2.19. The Hall–Kier alpha value is 0.167. The summed E-state index contributed by atoms with van der Waals surface area (Å²) in [6.07, 6.45) is 0.510. The molecule has 0 fully saturated rings. The molecule has 0 bridgehead atoms. The molecule has 0 spiro atoms. The highest BCUT2D eigenvalue weighted by Crippen LogP contribution is 2.14. The van der Waals surface area contributed by atoms with Crippen LogP contribution >= 0.6 is 0 Å². The first-order valence-corrected chi connectivity index (χ1v) is 6.91. The van der Waals surface area contributed by atoms with Crippen molar-refractivity contribution in [3.8, 4) is 0 Å². The molecular formula is C6H15O6SSi-. The van der Waals surface area contributed by atoms with Gasteiger partial charge in [-0.15, -0.1) is 0 Å². The van der Waals surface area contributed by atoms with Crippen molar-refractivity contribution < 1.29 is 26.2 Å². The summed E-state index contributed by atoms with van der Waals surface area (Å²) in [6, 6.07) is 0.522. The van der Waals surface area contributed by atoms with E-state index in [9.17, 15) is 8.76 Å². The fraction of sp³-hybridized carbons (Fsp3) is 1.00. The predicted octanol–water partition coefficient (Wildman–Crippen LogP) is 0.0653. The molecular weight excluding hydrogens is 228 g/mol. The van der Waals surface area contributed by atoms with Gasteiger partial charge in [-0.2, -0.15) is 0 Å². The summed E-state index contributed by atoms with van der Waals surface area (Å²) in [6.45, 7) is 0.112. The maximum absolute atomic E-state index is 10.0. The smallest absolute Gasteiger partial charge is 0.500 e. The predicted molar refractivity (Wildman–Crippen MR) is 51.1 cm³/mol. The van der Waals surface area contributed by atoms with Crippen molar-refractivity contribution in [2.75, 3.05) is 27.9 Å². The molecule has 0 heterocycles. The minimum absolute atomic E-state index is 0.112. The summed E-state index contributed by atoms with van der Waals surface area (Å²) in [7, 11) is 1.95. The van der Waals surface area contributed by atoms with Crippen molar-refractivity contribution in [3.05, 3.63) is 0 Å². The Labute approximate surface area is 87.4 Å². The van der Waals surface area contributed by atoms with Gasteiger partial charge in [0.15, 0.2) is 0 Å². The van der Waals surface area contributed by atoms with Gasteiger partial charge in [-0.05, 0) is 6.42 Å². The molecule has 1 atom stereocenters. The van der Waals surface area contributed by atoms with Gasteiger partial charge in [-0.25, -0.2) is 4.21 Å². The van der Waals surface area contributed by atoms with E-state index in [2.05, 4.69) is 4.18 Å². The monoisotopic (exact) mass is 243 g/mol. The lowest BCUT2D eigenvalue weighted by molar-refractivity contribution is 0.121. The Bertz CT molecular complexity index is 165. The zero-order chi connectivity index (χ0) is 11.0. The van der Waals surface area contributed by atoms with Crippen LogP contribution in [0.15, 0.2) is 0 Å². The molecule has 0 saturated carbocycles. The third kappa shape index (κ3) is 5.15. The number of hydrogen-bond donors (Lipinski definition) is 0. The van der Waals surface area contributed by atoms with Gasteiger partial charge < -0.3 is 22.0 Å². The molecule has 0 aliphatic rings. The van der Waals surface area contributed by atoms with E-state index in [0.717, 1.165) is 0 Å². The molecule has 6 nitrogen and oxygen atoms in total. The minimum atomic E-state index is -2.57. The highest BCUT2D eigenvalue weighted by atomic mass is 32.2. The number of hydrogen-bond acceptors (Lipinski definition) is 6. The molecule has 0 amide bonds. The molecule has 14 heavy (non-hydrogen) atoms. The van der Waals surface area contributed by atoms with Crippen molar-refractivity contribution in [1.82, 2.24) is 0 Å². The van der Waals surface area contributed by atoms with Gasteiger partial charge in [0.05, 0.1) is 18.0 Å². The van der Waals surface area contributed by atoms with Gasteiger partial charge in [0.1, 0.15) is 0 Å². The van der Waals surface area contributed by atoms with Crippen LogP contribution < -0.4 is 0 Å². The molecule has 0 radical (unpaired) electrons. The fourth-order valence-corrected chi connectivity index (χ4v) is 2.92. The quantitative estimate of drug-likeness (QED) is 0.341. The van der Waals surface area contributed by atoms with E-state index < -0.39 is 20.2 Å². The maximum atomic E-state index is 10.0. The molecule has 1 unspecified atom stereocenters. The van der Waals surface area contributed by atoms with E-state index in [0.29, 0.717) is 12.5 Å². The molecule has 0 aliphatic heterocycles. The fourth-order valence-electron chi connectivity index (χ4n) is 0.972. The zero-order valence-electron chi connectivity index (χ0n) is 8.48. The Morgan fingerprint density at radius 2 is 1.71 bits per heavy atom. The van der Waals surface area contributed by atoms with E-state index >= 15 is 0 Å². The third-order valence-corrected chi connectivity index (χ3v) is 4.93. The lowest BCUT2D eigenvalue weighted by atomic mass is 10.5. The molecule has 0 saturated heterocycles. The van der Waals surface area contributed by atoms with Crippen LogP contribution in [-0.4, -0.2) is 45.5 Å². The molecule has 0 aliphatic carbocycles. The zero-order valence-corrected chi connectivity index (χ0v) is 10.3. The lowest BCUT2D eigenvalue weighted by Gasteiger charge is -2.24. The van der Waals surface area contributed by atoms with E-state index in [-0.39, 0.29) is 6.61 Å². The van der Waals surface area contributed by atoms with E-state index in [1.54, 1.807) is 0 Å². The first kappa shape index (κ1) is 14.2. The molecule has 0 rings (SSSR count). The highest BCUT2D eigenvalue weighted by molar-refractivity contribution is 7.74. The summed E-state index contributed by atoms with van der Waals surface area (Å²) in [4.78, 5) is 0. The second-order valence-corrected chi connectivity index (χ2v) is 6.16. The van der Waals surface area contributed by atoms with Crippen LogP contribution in [0.2, 0.25) is 6.04 Å². The van der Waals surface area contributed by atoms with Gasteiger partial charge in [0.25, 0.3) is 0 Å². The molecule has 0 aromatic heterocycles. The van der Waals surface area contributed by atoms with Crippen LogP contribution in [0.25, 0.3) is 0 Å². The van der Waals surface area contributed by atoms with Crippen LogP contribution in [0.3, 0.4) is 0 Å². The van der Waals surface area contributed by atoms with Crippen molar-refractivity contribution in [2.45, 2.75) is 12.5 Å². The van der Waals surface area contributed by atoms with Crippen LogP contribution in [0.1, 0.15) is 6.42 Å². The van der Waals surface area contributed by atoms with Crippen LogP contribution in [0.4, 0.5) is 0 Å². The summed E-state index contributed by atoms with van der Waals surface area (Å²) in [5.41, 5.74) is 0. The van der Waals surface area contributed by atoms with E-state index in [1.165, 1.54) is 21.3 Å². The van der Waals surface area contributed by atoms with Crippen LogP contribution in [0.5, 0.6) is 0 Å². The average molecular weight is 243 g/mol. The second-order valence-electron chi connectivity index (χ2n) is 2.43. The second kappa shape index (κ2) is 7.46. The largest absolute Gasteiger partial charge is 0.750 e. The first-order valence-electron chi connectivity index (χ1n) is 3.98. The Balaban J connectivity index is 3.77. The number of rotatable bonds is 8. The van der Waals surface area contributed by atoms with Gasteiger partial charge in [-0.3, -0.25) is 0 Å². The van der Waals surface area contributed by atoms with Gasteiger partial charge in [0, 0.05) is 27.4 Å².